The minimum absolute atomic E-state index is 0.102. The molecule has 0 fully saturated rings. The van der Waals surface area contributed by atoms with Crippen molar-refractivity contribution in [3.8, 4) is 0 Å². The molecule has 0 aliphatic rings. The Morgan fingerprint density at radius 3 is 2.50 bits per heavy atom. The van der Waals surface area contributed by atoms with Crippen LogP contribution in [-0.2, 0) is 20.7 Å². The molecule has 3 aromatic carbocycles. The lowest BCUT2D eigenvalue weighted by Gasteiger charge is -2.14. The van der Waals surface area contributed by atoms with E-state index in [9.17, 15) is 9.59 Å². The number of halogens is 1. The smallest absolute Gasteiger partial charge is 0.311 e. The first-order chi connectivity index (χ1) is 12.5. The Hall–Kier alpha value is -2.85. The van der Waals surface area contributed by atoms with Crippen LogP contribution in [0.25, 0.3) is 10.8 Å². The molecule has 0 aliphatic heterocycles. The van der Waals surface area contributed by atoms with Crippen LogP contribution < -0.4 is 5.32 Å². The fourth-order valence-corrected chi connectivity index (χ4v) is 2.87. The van der Waals surface area contributed by atoms with Gasteiger partial charge in [0.2, 0.25) is 0 Å². The molecular weight excluding hydrogens is 350 g/mol. The number of hydrogen-bond acceptors (Lipinski definition) is 3. The second-order valence-electron chi connectivity index (χ2n) is 5.92. The summed E-state index contributed by atoms with van der Waals surface area (Å²) in [5, 5.41) is 5.14. The minimum atomic E-state index is -0.922. The summed E-state index contributed by atoms with van der Waals surface area (Å²) >= 11 is 6.02. The normalized spacial score (nSPS) is 11.8. The van der Waals surface area contributed by atoms with Crippen molar-refractivity contribution < 1.29 is 14.3 Å². The van der Waals surface area contributed by atoms with Gasteiger partial charge in [0, 0.05) is 0 Å². The average molecular weight is 368 g/mol. The molecule has 0 spiro atoms. The maximum Gasteiger partial charge on any atom is 0.311 e. The molecule has 1 amide bonds. The van der Waals surface area contributed by atoms with E-state index in [0.717, 1.165) is 16.3 Å². The molecule has 5 heteroatoms. The predicted octanol–water partition coefficient (Wildman–Crippen LogP) is 4.61. The zero-order valence-electron chi connectivity index (χ0n) is 14.2. The molecule has 0 saturated heterocycles. The van der Waals surface area contributed by atoms with Gasteiger partial charge in [-0.1, -0.05) is 66.2 Å². The van der Waals surface area contributed by atoms with E-state index in [1.54, 1.807) is 24.3 Å². The van der Waals surface area contributed by atoms with Gasteiger partial charge in [0.05, 0.1) is 17.1 Å². The third-order valence-corrected chi connectivity index (χ3v) is 4.35. The van der Waals surface area contributed by atoms with E-state index in [1.165, 1.54) is 6.92 Å². The molecule has 1 unspecified atom stereocenters. The van der Waals surface area contributed by atoms with Gasteiger partial charge in [-0.2, -0.15) is 0 Å². The topological polar surface area (TPSA) is 55.4 Å². The van der Waals surface area contributed by atoms with Crippen LogP contribution in [0.15, 0.2) is 66.7 Å². The Morgan fingerprint density at radius 2 is 1.69 bits per heavy atom. The van der Waals surface area contributed by atoms with Gasteiger partial charge in [-0.25, -0.2) is 0 Å². The number of esters is 1. The zero-order chi connectivity index (χ0) is 18.5. The number of ether oxygens (including phenoxy) is 1. The van der Waals surface area contributed by atoms with Crippen molar-refractivity contribution >= 4 is 39.9 Å². The van der Waals surface area contributed by atoms with E-state index in [1.807, 2.05) is 42.5 Å². The van der Waals surface area contributed by atoms with Gasteiger partial charge < -0.3 is 10.1 Å². The van der Waals surface area contributed by atoms with Crippen molar-refractivity contribution in [2.75, 3.05) is 5.32 Å². The largest absolute Gasteiger partial charge is 0.452 e. The van der Waals surface area contributed by atoms with Gasteiger partial charge >= 0.3 is 5.97 Å². The number of hydrogen-bond donors (Lipinski definition) is 1. The summed E-state index contributed by atoms with van der Waals surface area (Å²) in [7, 11) is 0. The van der Waals surface area contributed by atoms with E-state index < -0.39 is 18.0 Å². The number of fused-ring (bicyclic) bond motifs is 1. The van der Waals surface area contributed by atoms with Crippen molar-refractivity contribution in [2.24, 2.45) is 0 Å². The molecule has 0 radical (unpaired) electrons. The molecular formula is C21H18ClNO3. The Bertz CT molecular complexity index is 949. The molecule has 3 rings (SSSR count). The lowest BCUT2D eigenvalue weighted by Crippen LogP contribution is -2.30. The third kappa shape index (κ3) is 4.21. The standard InChI is InChI=1S/C21H18ClNO3/c1-14(21(25)23-19-12-5-4-11-18(19)22)26-20(24)13-16-9-6-8-15-7-2-3-10-17(15)16/h2-12,14H,13H2,1H3,(H,23,25). The van der Waals surface area contributed by atoms with E-state index in [2.05, 4.69) is 5.32 Å². The molecule has 0 bridgehead atoms. The van der Waals surface area contributed by atoms with Crippen LogP contribution in [0.4, 0.5) is 5.69 Å². The van der Waals surface area contributed by atoms with E-state index in [0.29, 0.717) is 10.7 Å². The van der Waals surface area contributed by atoms with Crippen LogP contribution in [0.2, 0.25) is 5.02 Å². The first kappa shape index (κ1) is 18.0. The van der Waals surface area contributed by atoms with Gasteiger partial charge in [0.25, 0.3) is 5.91 Å². The summed E-state index contributed by atoms with van der Waals surface area (Å²) in [5.41, 5.74) is 1.35. The summed E-state index contributed by atoms with van der Waals surface area (Å²) in [6.45, 7) is 1.53. The Morgan fingerprint density at radius 1 is 1.00 bits per heavy atom. The summed E-state index contributed by atoms with van der Waals surface area (Å²) in [6, 6.07) is 20.5. The number of anilines is 1. The summed E-state index contributed by atoms with van der Waals surface area (Å²) in [6.07, 6.45) is -0.820. The van der Waals surface area contributed by atoms with Crippen molar-refractivity contribution in [1.82, 2.24) is 0 Å². The monoisotopic (exact) mass is 367 g/mol. The molecule has 1 N–H and O–H groups in total. The number of carbonyl (C=O) groups is 2. The van der Waals surface area contributed by atoms with Crippen molar-refractivity contribution in [1.29, 1.82) is 0 Å². The third-order valence-electron chi connectivity index (χ3n) is 4.02. The molecule has 1 atom stereocenters. The highest BCUT2D eigenvalue weighted by molar-refractivity contribution is 6.33. The van der Waals surface area contributed by atoms with Crippen LogP contribution in [0.3, 0.4) is 0 Å². The molecule has 0 aromatic heterocycles. The van der Waals surface area contributed by atoms with Crippen LogP contribution in [0, 0.1) is 0 Å². The molecule has 26 heavy (non-hydrogen) atoms. The number of para-hydroxylation sites is 1. The molecule has 132 valence electrons. The molecule has 0 heterocycles. The van der Waals surface area contributed by atoms with Crippen LogP contribution in [0.5, 0.6) is 0 Å². The van der Waals surface area contributed by atoms with E-state index >= 15 is 0 Å². The fourth-order valence-electron chi connectivity index (χ4n) is 2.69. The average Bonchev–Trinajstić information content (AvgIpc) is 2.64. The Labute approximate surface area is 156 Å². The van der Waals surface area contributed by atoms with Gasteiger partial charge in [-0.3, -0.25) is 9.59 Å². The molecule has 4 nitrogen and oxygen atoms in total. The maximum absolute atomic E-state index is 12.3. The number of rotatable bonds is 5. The second kappa shape index (κ2) is 8.02. The van der Waals surface area contributed by atoms with Crippen molar-refractivity contribution in [3.63, 3.8) is 0 Å². The molecule has 3 aromatic rings. The lowest BCUT2D eigenvalue weighted by atomic mass is 10.0. The number of carbonyl (C=O) groups excluding carboxylic acids is 2. The van der Waals surface area contributed by atoms with Gasteiger partial charge in [0.1, 0.15) is 0 Å². The van der Waals surface area contributed by atoms with Crippen molar-refractivity contribution in [2.45, 2.75) is 19.4 Å². The highest BCUT2D eigenvalue weighted by Crippen LogP contribution is 2.21. The Kier molecular flexibility index (Phi) is 5.54. The maximum atomic E-state index is 12.3. The van der Waals surface area contributed by atoms with E-state index in [4.69, 9.17) is 16.3 Å². The van der Waals surface area contributed by atoms with Gasteiger partial charge in [-0.15, -0.1) is 0 Å². The lowest BCUT2D eigenvalue weighted by molar-refractivity contribution is -0.152. The SMILES string of the molecule is CC(OC(=O)Cc1cccc2ccccc12)C(=O)Nc1ccccc1Cl. The highest BCUT2D eigenvalue weighted by Gasteiger charge is 2.19. The summed E-state index contributed by atoms with van der Waals surface area (Å²) in [5.74, 6) is -0.882. The zero-order valence-corrected chi connectivity index (χ0v) is 15.0. The number of amides is 1. The van der Waals surface area contributed by atoms with Crippen molar-refractivity contribution in [3.05, 3.63) is 77.3 Å². The van der Waals surface area contributed by atoms with Crippen LogP contribution >= 0.6 is 11.6 Å². The number of benzene rings is 3. The van der Waals surface area contributed by atoms with E-state index in [-0.39, 0.29) is 6.42 Å². The predicted molar refractivity (Wildman–Crippen MR) is 103 cm³/mol. The minimum Gasteiger partial charge on any atom is -0.452 e. The van der Waals surface area contributed by atoms with Crippen LogP contribution in [-0.4, -0.2) is 18.0 Å². The van der Waals surface area contributed by atoms with Crippen LogP contribution in [0.1, 0.15) is 12.5 Å². The van der Waals surface area contributed by atoms with Gasteiger partial charge in [-0.05, 0) is 35.4 Å². The first-order valence-electron chi connectivity index (χ1n) is 8.26. The first-order valence-corrected chi connectivity index (χ1v) is 8.64. The highest BCUT2D eigenvalue weighted by atomic mass is 35.5. The Balaban J connectivity index is 1.64. The molecule has 0 saturated carbocycles. The molecule has 0 aliphatic carbocycles. The summed E-state index contributed by atoms with van der Waals surface area (Å²) < 4.78 is 5.28. The summed E-state index contributed by atoms with van der Waals surface area (Å²) in [4.78, 5) is 24.5. The number of nitrogens with one attached hydrogen (secondary N) is 1. The fraction of sp³-hybridized carbons (Fsp3) is 0.143. The quantitative estimate of drug-likeness (QED) is 0.670. The van der Waals surface area contributed by atoms with Gasteiger partial charge in [0.15, 0.2) is 6.10 Å². The second-order valence-corrected chi connectivity index (χ2v) is 6.32.